The number of carboxylic acids is 1. The number of carbonyl (C=O) groups is 6. The first kappa shape index (κ1) is 39.5. The van der Waals surface area contributed by atoms with Crippen LogP contribution in [0.15, 0.2) is 53.0 Å². The molecule has 0 unspecified atom stereocenters. The van der Waals surface area contributed by atoms with Crippen LogP contribution in [-0.2, 0) is 41.7 Å². The molecule has 48 heavy (non-hydrogen) atoms. The monoisotopic (exact) mass is 734 g/mol. The van der Waals surface area contributed by atoms with Crippen LogP contribution in [0, 0.1) is 5.92 Å². The lowest BCUT2D eigenvalue weighted by Crippen LogP contribution is -2.58. The van der Waals surface area contributed by atoms with Crippen LogP contribution in [0.5, 0.6) is 5.75 Å². The summed E-state index contributed by atoms with van der Waals surface area (Å²) in [6.45, 7) is 8.56. The number of nitrogens with one attached hydrogen (secondary N) is 3. The highest BCUT2D eigenvalue weighted by molar-refractivity contribution is 9.10. The second-order valence-electron chi connectivity index (χ2n) is 12.1. The lowest BCUT2D eigenvalue weighted by molar-refractivity contribution is -0.142. The molecule has 2 aromatic carbocycles. The van der Waals surface area contributed by atoms with Gasteiger partial charge in [-0.1, -0.05) is 66.5 Å². The molecule has 0 aliphatic carbocycles. The zero-order valence-corrected chi connectivity index (χ0v) is 29.1. The fourth-order valence-electron chi connectivity index (χ4n) is 4.23. The average molecular weight is 736 g/mol. The number of hydrogen-bond acceptors (Lipinski definition) is 9. The molecule has 0 saturated heterocycles. The highest BCUT2D eigenvalue weighted by Gasteiger charge is 2.33. The summed E-state index contributed by atoms with van der Waals surface area (Å²) < 4.78 is 16.5. The average Bonchev–Trinajstić information content (AvgIpc) is 3.00. The molecule has 262 valence electrons. The van der Waals surface area contributed by atoms with Crippen LogP contribution in [0.3, 0.4) is 0 Å². The molecule has 14 nitrogen and oxygen atoms in total. The molecule has 4 amide bonds. The van der Waals surface area contributed by atoms with Crippen molar-refractivity contribution in [2.45, 2.75) is 90.6 Å². The first-order valence-electron chi connectivity index (χ1n) is 15.3. The number of aliphatic carboxylic acids is 1. The fraction of sp³-hybridized carbons (Fsp3) is 0.455. The number of carboxylic acid groups (broad SMARTS) is 1. The molecule has 0 aliphatic rings. The van der Waals surface area contributed by atoms with Crippen LogP contribution in [-0.4, -0.2) is 64.8 Å². The van der Waals surface area contributed by atoms with Gasteiger partial charge in [-0.05, 0) is 56.9 Å². The van der Waals surface area contributed by atoms with E-state index in [1.165, 1.54) is 12.1 Å². The summed E-state index contributed by atoms with van der Waals surface area (Å²) in [5.74, 6) is -3.92. The van der Waals surface area contributed by atoms with Gasteiger partial charge in [0.05, 0.1) is 0 Å². The fourth-order valence-corrected chi connectivity index (χ4v) is 4.63. The van der Waals surface area contributed by atoms with Gasteiger partial charge in [0, 0.05) is 22.9 Å². The molecule has 4 atom stereocenters. The Morgan fingerprint density at radius 2 is 1.54 bits per heavy atom. The number of nitrogens with two attached hydrogens (primary N) is 1. The topological polar surface area (TPSA) is 212 Å². The van der Waals surface area contributed by atoms with Crippen LogP contribution in [0.4, 0.5) is 9.59 Å². The molecule has 0 heterocycles. The number of amides is 4. The van der Waals surface area contributed by atoms with Gasteiger partial charge in [-0.2, -0.15) is 0 Å². The standard InChI is InChI=1S/C33H43BrN4O10/c1-6-19(2)27(38-31(44)48-33(3,4)5)29(41)37-25(28(40)36-24(30(42)43)15-16-26(35)39)17-20-11-13-22(14-12-20)47-32(45)46-18-21-9-7-8-10-23(21)34/h7-14,19,24-25,27H,6,15-18H2,1-5H3,(H2,35,39)(H,36,40)(H,37,41)(H,38,44)(H,42,43)/t19-,24-,25-,27-/m0/s1. The number of primary amides is 1. The van der Waals surface area contributed by atoms with Crippen molar-refractivity contribution in [2.75, 3.05) is 0 Å². The SMILES string of the molecule is CC[C@H](C)[C@H](NC(=O)OC(C)(C)C)C(=O)N[C@@H](Cc1ccc(OC(=O)OCc2ccccc2Br)cc1)C(=O)N[C@@H](CCC(N)=O)C(=O)O. The predicted octanol–water partition coefficient (Wildman–Crippen LogP) is 3.97. The molecule has 0 bridgehead atoms. The highest BCUT2D eigenvalue weighted by atomic mass is 79.9. The van der Waals surface area contributed by atoms with Crippen molar-refractivity contribution in [3.8, 4) is 5.75 Å². The largest absolute Gasteiger partial charge is 0.514 e. The smallest absolute Gasteiger partial charge is 0.480 e. The molecule has 15 heteroatoms. The van der Waals surface area contributed by atoms with Crippen molar-refractivity contribution in [3.63, 3.8) is 0 Å². The number of alkyl carbamates (subject to hydrolysis) is 1. The maximum absolute atomic E-state index is 13.5. The van der Waals surface area contributed by atoms with Gasteiger partial charge >= 0.3 is 18.2 Å². The van der Waals surface area contributed by atoms with Gasteiger partial charge in [-0.15, -0.1) is 0 Å². The number of carbonyl (C=O) groups excluding carboxylic acids is 5. The van der Waals surface area contributed by atoms with E-state index in [4.69, 9.17) is 19.9 Å². The zero-order valence-electron chi connectivity index (χ0n) is 27.5. The lowest BCUT2D eigenvalue weighted by Gasteiger charge is -2.28. The van der Waals surface area contributed by atoms with E-state index < -0.39 is 59.7 Å². The normalized spacial score (nSPS) is 13.5. The van der Waals surface area contributed by atoms with Gasteiger partial charge in [0.15, 0.2) is 0 Å². The summed E-state index contributed by atoms with van der Waals surface area (Å²) in [6, 6.07) is 9.37. The number of ether oxygens (including phenoxy) is 3. The maximum atomic E-state index is 13.5. The zero-order chi connectivity index (χ0) is 36.0. The molecule has 2 aromatic rings. The quantitative estimate of drug-likeness (QED) is 0.124. The molecule has 0 aromatic heterocycles. The van der Waals surface area contributed by atoms with Crippen LogP contribution >= 0.6 is 15.9 Å². The van der Waals surface area contributed by atoms with Crippen molar-refractivity contribution in [3.05, 3.63) is 64.1 Å². The first-order chi connectivity index (χ1) is 22.5. The van der Waals surface area contributed by atoms with E-state index in [-0.39, 0.29) is 37.5 Å². The van der Waals surface area contributed by atoms with Crippen LogP contribution in [0.1, 0.15) is 65.0 Å². The van der Waals surface area contributed by atoms with Crippen molar-refractivity contribution in [2.24, 2.45) is 11.7 Å². The van der Waals surface area contributed by atoms with Crippen molar-refractivity contribution in [1.82, 2.24) is 16.0 Å². The van der Waals surface area contributed by atoms with E-state index in [9.17, 15) is 33.9 Å². The number of benzene rings is 2. The van der Waals surface area contributed by atoms with E-state index >= 15 is 0 Å². The molecular formula is C33H43BrN4O10. The molecular weight excluding hydrogens is 692 g/mol. The molecule has 0 fully saturated rings. The van der Waals surface area contributed by atoms with Gasteiger partial charge in [0.1, 0.15) is 36.1 Å². The Morgan fingerprint density at radius 3 is 2.10 bits per heavy atom. The summed E-state index contributed by atoms with van der Waals surface area (Å²) >= 11 is 3.38. The van der Waals surface area contributed by atoms with Crippen molar-refractivity contribution >= 4 is 51.9 Å². The number of rotatable bonds is 16. The third-order valence-electron chi connectivity index (χ3n) is 6.96. The van der Waals surface area contributed by atoms with E-state index in [1.54, 1.807) is 52.0 Å². The molecule has 2 rings (SSSR count). The Hall–Kier alpha value is -4.66. The summed E-state index contributed by atoms with van der Waals surface area (Å²) in [5, 5.41) is 17.2. The van der Waals surface area contributed by atoms with Crippen LogP contribution in [0.25, 0.3) is 0 Å². The molecule has 0 aliphatic heterocycles. The van der Waals surface area contributed by atoms with E-state index in [0.29, 0.717) is 12.0 Å². The Bertz CT molecular complexity index is 1440. The lowest BCUT2D eigenvalue weighted by atomic mass is 9.97. The first-order valence-corrected chi connectivity index (χ1v) is 16.1. The van der Waals surface area contributed by atoms with Crippen molar-refractivity contribution in [1.29, 1.82) is 0 Å². The van der Waals surface area contributed by atoms with Gasteiger partial charge in [0.2, 0.25) is 17.7 Å². The Labute approximate surface area is 287 Å². The van der Waals surface area contributed by atoms with Crippen molar-refractivity contribution < 1.29 is 48.1 Å². The Morgan fingerprint density at radius 1 is 0.917 bits per heavy atom. The van der Waals surface area contributed by atoms with Gasteiger partial charge in [-0.3, -0.25) is 14.4 Å². The van der Waals surface area contributed by atoms with E-state index in [1.807, 2.05) is 19.1 Å². The Balaban J connectivity index is 2.24. The summed E-state index contributed by atoms with van der Waals surface area (Å²) in [5.41, 5.74) is 5.58. The third kappa shape index (κ3) is 14.0. The maximum Gasteiger partial charge on any atom is 0.514 e. The summed E-state index contributed by atoms with van der Waals surface area (Å²) in [7, 11) is 0. The van der Waals surface area contributed by atoms with Gasteiger partial charge in [-0.25, -0.2) is 14.4 Å². The highest BCUT2D eigenvalue weighted by Crippen LogP contribution is 2.19. The summed E-state index contributed by atoms with van der Waals surface area (Å²) in [4.78, 5) is 74.8. The minimum atomic E-state index is -1.46. The Kier molecular flexibility index (Phi) is 15.3. The van der Waals surface area contributed by atoms with Crippen LogP contribution < -0.4 is 26.4 Å². The van der Waals surface area contributed by atoms with Crippen LogP contribution in [0.2, 0.25) is 0 Å². The van der Waals surface area contributed by atoms with Gasteiger partial charge in [0.25, 0.3) is 0 Å². The molecule has 6 N–H and O–H groups in total. The van der Waals surface area contributed by atoms with Gasteiger partial charge < -0.3 is 41.0 Å². The predicted molar refractivity (Wildman–Crippen MR) is 178 cm³/mol. The summed E-state index contributed by atoms with van der Waals surface area (Å²) in [6.07, 6.45) is -1.95. The minimum absolute atomic E-state index is 0.0218. The molecule has 0 radical (unpaired) electrons. The third-order valence-corrected chi connectivity index (χ3v) is 7.74. The molecule has 0 spiro atoms. The number of halogens is 1. The number of hydrogen-bond donors (Lipinski definition) is 5. The second-order valence-corrected chi connectivity index (χ2v) is 12.9. The minimum Gasteiger partial charge on any atom is -0.480 e. The van der Waals surface area contributed by atoms with E-state index in [0.717, 1.165) is 10.0 Å². The van der Waals surface area contributed by atoms with E-state index in [2.05, 4.69) is 31.9 Å². The second kappa shape index (κ2) is 18.6. The molecule has 0 saturated carbocycles.